The van der Waals surface area contributed by atoms with E-state index in [-0.39, 0.29) is 5.91 Å². The fourth-order valence-corrected chi connectivity index (χ4v) is 3.56. The Morgan fingerprint density at radius 3 is 2.86 bits per heavy atom. The molecule has 1 saturated heterocycles. The summed E-state index contributed by atoms with van der Waals surface area (Å²) in [5.74, 6) is 0.590. The molecule has 4 rings (SSSR count). The van der Waals surface area contributed by atoms with Crippen molar-refractivity contribution in [3.05, 3.63) is 59.3 Å². The minimum absolute atomic E-state index is 0.165. The normalized spacial score (nSPS) is 20.3. The lowest BCUT2D eigenvalue weighted by molar-refractivity contribution is -0.110. The van der Waals surface area contributed by atoms with Crippen LogP contribution in [-0.4, -0.2) is 43.2 Å². The van der Waals surface area contributed by atoms with Gasteiger partial charge in [-0.05, 0) is 48.9 Å². The van der Waals surface area contributed by atoms with Gasteiger partial charge in [-0.3, -0.25) is 9.69 Å². The maximum Gasteiger partial charge on any atom is 0.257 e. The zero-order valence-corrected chi connectivity index (χ0v) is 16.0. The fraction of sp³-hybridized carbons (Fsp3) is 0.286. The monoisotopic (exact) mass is 401 g/mol. The van der Waals surface area contributed by atoms with Crippen molar-refractivity contribution >= 4 is 34.5 Å². The summed E-state index contributed by atoms with van der Waals surface area (Å²) in [5.41, 5.74) is 2.91. The second-order valence-corrected chi connectivity index (χ2v) is 7.34. The second kappa shape index (κ2) is 8.20. The summed E-state index contributed by atoms with van der Waals surface area (Å²) in [6, 6.07) is 12.8. The van der Waals surface area contributed by atoms with Crippen LogP contribution in [-0.2, 0) is 4.79 Å². The van der Waals surface area contributed by atoms with E-state index in [0.717, 1.165) is 35.8 Å². The number of halogens is 2. The van der Waals surface area contributed by atoms with Crippen LogP contribution in [0.15, 0.2) is 48.7 Å². The van der Waals surface area contributed by atoms with Gasteiger partial charge < -0.3 is 15.4 Å². The maximum atomic E-state index is 13.2. The van der Waals surface area contributed by atoms with E-state index in [1.165, 1.54) is 0 Å². The Labute approximate surface area is 168 Å². The van der Waals surface area contributed by atoms with Crippen molar-refractivity contribution in [3.8, 4) is 5.75 Å². The maximum absolute atomic E-state index is 13.2. The number of hydrogen-bond donors (Lipinski definition) is 2. The summed E-state index contributed by atoms with van der Waals surface area (Å²) >= 11 is 6.04. The molecular formula is C21H21ClFN3O2. The van der Waals surface area contributed by atoms with Crippen LogP contribution < -0.4 is 15.4 Å². The van der Waals surface area contributed by atoms with Gasteiger partial charge in [-0.1, -0.05) is 11.6 Å². The highest BCUT2D eigenvalue weighted by molar-refractivity contribution is 6.34. The number of nitrogens with zero attached hydrogens (tertiary/aromatic N) is 1. The third-order valence-electron chi connectivity index (χ3n) is 4.89. The molecule has 5 nitrogen and oxygen atoms in total. The van der Waals surface area contributed by atoms with Crippen LogP contribution in [0.3, 0.4) is 0 Å². The topological polar surface area (TPSA) is 53.6 Å². The Kier molecular flexibility index (Phi) is 5.50. The Balaban J connectivity index is 1.33. The highest BCUT2D eigenvalue weighted by atomic mass is 35.5. The van der Waals surface area contributed by atoms with E-state index in [4.69, 9.17) is 16.3 Å². The SMILES string of the molecule is O=C1Nc2ccc(Cl)cc2C1=CNc1ccc(OCCN2CCC(F)C2)cc1. The van der Waals surface area contributed by atoms with Gasteiger partial charge in [-0.25, -0.2) is 4.39 Å². The van der Waals surface area contributed by atoms with E-state index < -0.39 is 6.17 Å². The molecule has 1 unspecified atom stereocenters. The molecule has 1 amide bonds. The smallest absolute Gasteiger partial charge is 0.257 e. The molecule has 1 fully saturated rings. The molecule has 0 bridgehead atoms. The van der Waals surface area contributed by atoms with Gasteiger partial charge in [0.2, 0.25) is 0 Å². The van der Waals surface area contributed by atoms with Gasteiger partial charge in [0.1, 0.15) is 18.5 Å². The Morgan fingerprint density at radius 1 is 1.29 bits per heavy atom. The van der Waals surface area contributed by atoms with Gasteiger partial charge in [0.25, 0.3) is 5.91 Å². The van der Waals surface area contributed by atoms with Crippen molar-refractivity contribution < 1.29 is 13.9 Å². The van der Waals surface area contributed by atoms with Crippen LogP contribution in [0.5, 0.6) is 5.75 Å². The number of anilines is 2. The molecular weight excluding hydrogens is 381 g/mol. The molecule has 2 aromatic rings. The lowest BCUT2D eigenvalue weighted by atomic mass is 10.1. The van der Waals surface area contributed by atoms with Crippen LogP contribution in [0, 0.1) is 0 Å². The summed E-state index contributed by atoms with van der Waals surface area (Å²) < 4.78 is 18.9. The fourth-order valence-electron chi connectivity index (χ4n) is 3.39. The van der Waals surface area contributed by atoms with Crippen molar-refractivity contribution in [2.24, 2.45) is 0 Å². The highest BCUT2D eigenvalue weighted by Crippen LogP contribution is 2.33. The predicted molar refractivity (Wildman–Crippen MR) is 110 cm³/mol. The van der Waals surface area contributed by atoms with Crippen molar-refractivity contribution in [1.29, 1.82) is 0 Å². The number of rotatable bonds is 6. The number of amides is 1. The van der Waals surface area contributed by atoms with Crippen LogP contribution in [0.4, 0.5) is 15.8 Å². The van der Waals surface area contributed by atoms with Crippen LogP contribution >= 0.6 is 11.6 Å². The van der Waals surface area contributed by atoms with Crippen LogP contribution in [0.1, 0.15) is 12.0 Å². The van der Waals surface area contributed by atoms with Crippen molar-refractivity contribution in [2.45, 2.75) is 12.6 Å². The number of alkyl halides is 1. The van der Waals surface area contributed by atoms with Crippen molar-refractivity contribution in [3.63, 3.8) is 0 Å². The zero-order chi connectivity index (χ0) is 19.5. The first-order valence-corrected chi connectivity index (χ1v) is 9.63. The number of ether oxygens (including phenoxy) is 1. The Morgan fingerprint density at radius 2 is 2.11 bits per heavy atom. The van der Waals surface area contributed by atoms with Gasteiger partial charge >= 0.3 is 0 Å². The molecule has 0 aliphatic carbocycles. The lowest BCUT2D eigenvalue weighted by Crippen LogP contribution is -2.26. The predicted octanol–water partition coefficient (Wildman–Crippen LogP) is 4.17. The van der Waals surface area contributed by atoms with Crippen molar-refractivity contribution in [2.75, 3.05) is 36.9 Å². The third-order valence-corrected chi connectivity index (χ3v) is 5.13. The molecule has 0 radical (unpaired) electrons. The molecule has 0 aromatic heterocycles. The van der Waals surface area contributed by atoms with Gasteiger partial charge in [0.05, 0.1) is 5.57 Å². The Hall–Kier alpha value is -2.57. The van der Waals surface area contributed by atoms with Crippen LogP contribution in [0.25, 0.3) is 5.57 Å². The summed E-state index contributed by atoms with van der Waals surface area (Å²) in [7, 11) is 0. The molecule has 2 aliphatic heterocycles. The van der Waals surface area contributed by atoms with Crippen LogP contribution in [0.2, 0.25) is 5.02 Å². The average Bonchev–Trinajstić information content (AvgIpc) is 3.23. The van der Waals surface area contributed by atoms with E-state index in [2.05, 4.69) is 15.5 Å². The second-order valence-electron chi connectivity index (χ2n) is 6.91. The molecule has 28 heavy (non-hydrogen) atoms. The molecule has 2 N–H and O–H groups in total. The molecule has 146 valence electrons. The van der Waals surface area contributed by atoms with Gasteiger partial charge in [0.15, 0.2) is 0 Å². The van der Waals surface area contributed by atoms with Crippen molar-refractivity contribution in [1.82, 2.24) is 4.90 Å². The average molecular weight is 402 g/mol. The quantitative estimate of drug-likeness (QED) is 0.713. The minimum atomic E-state index is -0.704. The summed E-state index contributed by atoms with van der Waals surface area (Å²) in [5, 5.41) is 6.54. The number of hydrogen-bond acceptors (Lipinski definition) is 4. The first kappa shape index (κ1) is 18.8. The molecule has 0 saturated carbocycles. The zero-order valence-electron chi connectivity index (χ0n) is 15.3. The molecule has 7 heteroatoms. The first-order valence-electron chi connectivity index (χ1n) is 9.26. The standard InChI is InChI=1S/C21H21ClFN3O2/c22-14-1-6-20-18(11-14)19(21(27)25-20)12-24-16-2-4-17(5-3-16)28-10-9-26-8-7-15(23)13-26/h1-6,11-12,15,24H,7-10,13H2,(H,25,27). The summed E-state index contributed by atoms with van der Waals surface area (Å²) in [6.07, 6.45) is 1.59. The van der Waals surface area contributed by atoms with E-state index in [1.54, 1.807) is 24.4 Å². The molecule has 2 aromatic carbocycles. The minimum Gasteiger partial charge on any atom is -0.492 e. The number of likely N-dealkylation sites (tertiary alicyclic amines) is 1. The van der Waals surface area contributed by atoms with Gasteiger partial charge in [-0.2, -0.15) is 0 Å². The third kappa shape index (κ3) is 4.29. The number of fused-ring (bicyclic) bond motifs is 1. The molecule has 0 spiro atoms. The van der Waals surface area contributed by atoms with E-state index >= 15 is 0 Å². The summed E-state index contributed by atoms with van der Waals surface area (Å²) in [6.45, 7) is 2.55. The Bertz CT molecular complexity index is 901. The molecule has 1 atom stereocenters. The number of benzene rings is 2. The van der Waals surface area contributed by atoms with Gasteiger partial charge in [-0.15, -0.1) is 0 Å². The molecule has 2 aliphatic rings. The van der Waals surface area contributed by atoms with E-state index in [9.17, 15) is 9.18 Å². The van der Waals surface area contributed by atoms with E-state index in [0.29, 0.717) is 30.2 Å². The lowest BCUT2D eigenvalue weighted by Gasteiger charge is -2.15. The first-order chi connectivity index (χ1) is 13.6. The van der Waals surface area contributed by atoms with E-state index in [1.807, 2.05) is 24.3 Å². The number of carbonyl (C=O) groups excluding carboxylic acids is 1. The number of nitrogens with one attached hydrogen (secondary N) is 2. The van der Waals surface area contributed by atoms with Gasteiger partial charge in [0, 0.05) is 47.8 Å². The molecule has 2 heterocycles. The number of carbonyl (C=O) groups is 1. The highest BCUT2D eigenvalue weighted by Gasteiger charge is 2.24. The summed E-state index contributed by atoms with van der Waals surface area (Å²) in [4.78, 5) is 14.2. The largest absolute Gasteiger partial charge is 0.492 e.